The fourth-order valence-corrected chi connectivity index (χ4v) is 5.64. The lowest BCUT2D eigenvalue weighted by molar-refractivity contribution is -0.139. The zero-order valence-corrected chi connectivity index (χ0v) is 23.9. The molecule has 3 rings (SSSR count). The van der Waals surface area contributed by atoms with Gasteiger partial charge in [-0.05, 0) is 49.2 Å². The van der Waals surface area contributed by atoms with Crippen LogP contribution >= 0.6 is 11.6 Å². The summed E-state index contributed by atoms with van der Waals surface area (Å²) < 4.78 is 34.2. The quantitative estimate of drug-likeness (QED) is 0.295. The van der Waals surface area contributed by atoms with E-state index in [1.54, 1.807) is 73.7 Å². The standard InChI is InChI=1S/C29H34ClN3O5S/c1-4-5-19-31-29(35)22(2)32(20-23-13-9-10-16-25(23)30)28(34)21-33(26-17-11-12-18-27(26)38-3)39(36,37)24-14-7-6-8-15-24/h6-18,22H,4-5,19-21H2,1-3H3,(H,31,35)/t22-/m1/s1. The van der Waals surface area contributed by atoms with Crippen molar-refractivity contribution in [2.45, 2.75) is 44.2 Å². The molecule has 0 saturated carbocycles. The summed E-state index contributed by atoms with van der Waals surface area (Å²) in [5.74, 6) is -0.620. The first-order valence-electron chi connectivity index (χ1n) is 12.7. The average Bonchev–Trinajstić information content (AvgIpc) is 2.95. The van der Waals surface area contributed by atoms with E-state index in [4.69, 9.17) is 16.3 Å². The Morgan fingerprint density at radius 2 is 1.62 bits per heavy atom. The van der Waals surface area contributed by atoms with Gasteiger partial charge in [-0.2, -0.15) is 0 Å². The summed E-state index contributed by atoms with van der Waals surface area (Å²) in [6, 6.07) is 20.6. The van der Waals surface area contributed by atoms with E-state index in [1.807, 2.05) is 6.92 Å². The molecule has 3 aromatic carbocycles. The molecule has 0 radical (unpaired) electrons. The Kier molecular flexibility index (Phi) is 10.8. The van der Waals surface area contributed by atoms with Crippen LogP contribution in [-0.4, -0.2) is 51.4 Å². The van der Waals surface area contributed by atoms with Crippen molar-refractivity contribution in [1.29, 1.82) is 0 Å². The lowest BCUT2D eigenvalue weighted by Gasteiger charge is -2.32. The number of amides is 2. The zero-order valence-electron chi connectivity index (χ0n) is 22.3. The van der Waals surface area contributed by atoms with Crippen molar-refractivity contribution in [3.8, 4) is 5.75 Å². The van der Waals surface area contributed by atoms with Crippen LogP contribution in [0.4, 0.5) is 5.69 Å². The molecule has 0 saturated heterocycles. The number of halogens is 1. The smallest absolute Gasteiger partial charge is 0.264 e. The molecule has 1 atom stereocenters. The Labute approximate surface area is 235 Å². The number of rotatable bonds is 13. The molecule has 3 aromatic rings. The van der Waals surface area contributed by atoms with Crippen molar-refractivity contribution < 1.29 is 22.7 Å². The Morgan fingerprint density at radius 3 is 2.28 bits per heavy atom. The Bertz CT molecular complexity index is 1370. The lowest BCUT2D eigenvalue weighted by Crippen LogP contribution is -2.51. The number of nitrogens with zero attached hydrogens (tertiary/aromatic N) is 2. The number of ether oxygens (including phenoxy) is 1. The number of hydrogen-bond acceptors (Lipinski definition) is 5. The molecule has 0 heterocycles. The van der Waals surface area contributed by atoms with E-state index < -0.39 is 28.5 Å². The summed E-state index contributed by atoms with van der Waals surface area (Å²) >= 11 is 6.39. The molecule has 0 bridgehead atoms. The van der Waals surface area contributed by atoms with Crippen LogP contribution in [0.25, 0.3) is 0 Å². The van der Waals surface area contributed by atoms with Crippen LogP contribution in [0.5, 0.6) is 5.75 Å². The van der Waals surface area contributed by atoms with Crippen LogP contribution in [0, 0.1) is 0 Å². The van der Waals surface area contributed by atoms with Crippen LogP contribution in [0.2, 0.25) is 5.02 Å². The lowest BCUT2D eigenvalue weighted by atomic mass is 10.1. The van der Waals surface area contributed by atoms with Gasteiger partial charge >= 0.3 is 0 Å². The van der Waals surface area contributed by atoms with Crippen molar-refractivity contribution in [2.75, 3.05) is 24.5 Å². The van der Waals surface area contributed by atoms with Gasteiger partial charge in [0.25, 0.3) is 10.0 Å². The minimum absolute atomic E-state index is 0.0199. The van der Waals surface area contributed by atoms with Crippen molar-refractivity contribution in [2.24, 2.45) is 0 Å². The van der Waals surface area contributed by atoms with Gasteiger partial charge in [0.1, 0.15) is 18.3 Å². The van der Waals surface area contributed by atoms with Gasteiger partial charge in [0.2, 0.25) is 11.8 Å². The van der Waals surface area contributed by atoms with Crippen LogP contribution in [0.1, 0.15) is 32.3 Å². The van der Waals surface area contributed by atoms with Crippen LogP contribution in [-0.2, 0) is 26.2 Å². The van der Waals surface area contributed by atoms with Gasteiger partial charge in [-0.1, -0.05) is 73.5 Å². The molecule has 1 N–H and O–H groups in total. The highest BCUT2D eigenvalue weighted by atomic mass is 35.5. The summed E-state index contributed by atoms with van der Waals surface area (Å²) in [7, 11) is -2.75. The second kappa shape index (κ2) is 14.0. The van der Waals surface area contributed by atoms with E-state index in [1.165, 1.54) is 24.1 Å². The number of carbonyl (C=O) groups excluding carboxylic acids is 2. The van der Waals surface area contributed by atoms with Gasteiger partial charge < -0.3 is 15.0 Å². The number of para-hydroxylation sites is 2. The third kappa shape index (κ3) is 7.52. The highest BCUT2D eigenvalue weighted by Gasteiger charge is 2.33. The molecule has 2 amide bonds. The molecule has 0 aliphatic carbocycles. The third-order valence-electron chi connectivity index (χ3n) is 6.26. The highest BCUT2D eigenvalue weighted by Crippen LogP contribution is 2.32. The molecule has 0 aliphatic rings. The topological polar surface area (TPSA) is 96.0 Å². The minimum atomic E-state index is -4.18. The van der Waals surface area contributed by atoms with E-state index in [-0.39, 0.29) is 28.8 Å². The number of hydrogen-bond donors (Lipinski definition) is 1. The Morgan fingerprint density at radius 1 is 0.974 bits per heavy atom. The first-order chi connectivity index (χ1) is 18.7. The van der Waals surface area contributed by atoms with Crippen molar-refractivity contribution in [1.82, 2.24) is 10.2 Å². The number of nitrogens with one attached hydrogen (secondary N) is 1. The number of sulfonamides is 1. The van der Waals surface area contributed by atoms with Crippen LogP contribution in [0.15, 0.2) is 83.8 Å². The van der Waals surface area contributed by atoms with E-state index in [0.29, 0.717) is 17.1 Å². The van der Waals surface area contributed by atoms with Crippen molar-refractivity contribution in [3.05, 3.63) is 89.4 Å². The molecular formula is C29H34ClN3O5S. The van der Waals surface area contributed by atoms with Gasteiger partial charge in [-0.15, -0.1) is 0 Å². The van der Waals surface area contributed by atoms with E-state index >= 15 is 0 Å². The molecule has 8 nitrogen and oxygen atoms in total. The van der Waals surface area contributed by atoms with E-state index in [9.17, 15) is 18.0 Å². The van der Waals surface area contributed by atoms with Crippen LogP contribution < -0.4 is 14.4 Å². The predicted octanol–water partition coefficient (Wildman–Crippen LogP) is 4.88. The van der Waals surface area contributed by atoms with Gasteiger partial charge in [-0.3, -0.25) is 13.9 Å². The Balaban J connectivity index is 2.03. The maximum absolute atomic E-state index is 14.0. The summed E-state index contributed by atoms with van der Waals surface area (Å²) in [5, 5.41) is 3.30. The molecule has 39 heavy (non-hydrogen) atoms. The third-order valence-corrected chi connectivity index (χ3v) is 8.40. The molecule has 0 fully saturated rings. The molecule has 0 aromatic heterocycles. The number of unbranched alkanes of at least 4 members (excludes halogenated alkanes) is 1. The second-order valence-corrected chi connectivity index (χ2v) is 11.2. The summed E-state index contributed by atoms with van der Waals surface area (Å²) in [6.45, 7) is 3.57. The van der Waals surface area contributed by atoms with Crippen molar-refractivity contribution in [3.63, 3.8) is 0 Å². The molecule has 208 valence electrons. The predicted molar refractivity (Wildman–Crippen MR) is 153 cm³/mol. The fourth-order valence-electron chi connectivity index (χ4n) is 4.00. The van der Waals surface area contributed by atoms with Crippen LogP contribution in [0.3, 0.4) is 0 Å². The molecule has 0 aliphatic heterocycles. The Hall–Kier alpha value is -3.56. The fraction of sp³-hybridized carbons (Fsp3) is 0.310. The van der Waals surface area contributed by atoms with Gasteiger partial charge in [-0.25, -0.2) is 8.42 Å². The zero-order chi connectivity index (χ0) is 28.4. The number of anilines is 1. The molecule has 10 heteroatoms. The van der Waals surface area contributed by atoms with Crippen molar-refractivity contribution >= 4 is 39.1 Å². The summed E-state index contributed by atoms with van der Waals surface area (Å²) in [6.07, 6.45) is 1.70. The molecule has 0 spiro atoms. The maximum Gasteiger partial charge on any atom is 0.264 e. The molecular weight excluding hydrogens is 538 g/mol. The monoisotopic (exact) mass is 571 g/mol. The molecule has 0 unspecified atom stereocenters. The van der Waals surface area contributed by atoms with E-state index in [2.05, 4.69) is 5.32 Å². The largest absolute Gasteiger partial charge is 0.495 e. The maximum atomic E-state index is 14.0. The SMILES string of the molecule is CCCCNC(=O)[C@@H](C)N(Cc1ccccc1Cl)C(=O)CN(c1ccccc1OC)S(=O)(=O)c1ccccc1. The number of methoxy groups -OCH3 is 1. The van der Waals surface area contributed by atoms with E-state index in [0.717, 1.165) is 17.1 Å². The summed E-state index contributed by atoms with van der Waals surface area (Å²) in [5.41, 5.74) is 0.838. The normalized spacial score (nSPS) is 11.9. The highest BCUT2D eigenvalue weighted by molar-refractivity contribution is 7.92. The first kappa shape index (κ1) is 30.0. The van der Waals surface area contributed by atoms with Gasteiger partial charge in [0.05, 0.1) is 17.7 Å². The summed E-state index contributed by atoms with van der Waals surface area (Å²) in [4.78, 5) is 28.3. The average molecular weight is 572 g/mol. The van der Waals surface area contributed by atoms with Gasteiger partial charge in [0.15, 0.2) is 0 Å². The number of benzene rings is 3. The van der Waals surface area contributed by atoms with Gasteiger partial charge in [0, 0.05) is 18.1 Å². The first-order valence-corrected chi connectivity index (χ1v) is 14.5. The second-order valence-electron chi connectivity index (χ2n) is 8.93. The minimum Gasteiger partial charge on any atom is -0.495 e. The number of carbonyl (C=O) groups is 2.